The van der Waals surface area contributed by atoms with Crippen molar-refractivity contribution in [2.75, 3.05) is 13.1 Å². The summed E-state index contributed by atoms with van der Waals surface area (Å²) in [5, 5.41) is 3.39. The van der Waals surface area contributed by atoms with E-state index >= 15 is 0 Å². The first-order chi connectivity index (χ1) is 6.56. The third-order valence-corrected chi connectivity index (χ3v) is 2.29. The highest BCUT2D eigenvalue weighted by atomic mass is 14.9. The van der Waals surface area contributed by atoms with E-state index in [0.29, 0.717) is 0 Å². The summed E-state index contributed by atoms with van der Waals surface area (Å²) in [6.07, 6.45) is 8.17. The lowest BCUT2D eigenvalue weighted by Gasteiger charge is -2.18. The third kappa shape index (κ3) is 11.9. The molecule has 0 aliphatic heterocycles. The maximum Gasteiger partial charge on any atom is 0.0223 e. The molecule has 0 aliphatic carbocycles. The summed E-state index contributed by atoms with van der Waals surface area (Å²) in [7, 11) is 0. The highest BCUT2D eigenvalue weighted by molar-refractivity contribution is 4.74. The highest BCUT2D eigenvalue weighted by Gasteiger charge is 2.08. The number of nitrogens with two attached hydrogens (primary N) is 1. The topological polar surface area (TPSA) is 38.0 Å². The van der Waals surface area contributed by atoms with Gasteiger partial charge in [0.15, 0.2) is 0 Å². The second kappa shape index (κ2) is 8.25. The predicted molar refractivity (Wildman–Crippen MR) is 64.5 cm³/mol. The number of hydrogen-bond donors (Lipinski definition) is 2. The Hall–Kier alpha value is -0.0800. The van der Waals surface area contributed by atoms with Crippen molar-refractivity contribution >= 4 is 0 Å². The van der Waals surface area contributed by atoms with Gasteiger partial charge in [-0.05, 0) is 26.8 Å². The van der Waals surface area contributed by atoms with Crippen LogP contribution in [-0.4, -0.2) is 18.6 Å². The quantitative estimate of drug-likeness (QED) is 0.562. The SMILES string of the molecule is CCCCCCCCNCC(C)(C)N. The van der Waals surface area contributed by atoms with E-state index < -0.39 is 0 Å². The molecule has 0 atom stereocenters. The minimum absolute atomic E-state index is 0.0673. The molecule has 0 bridgehead atoms. The third-order valence-electron chi connectivity index (χ3n) is 2.29. The summed E-state index contributed by atoms with van der Waals surface area (Å²) in [6.45, 7) is 8.40. The van der Waals surface area contributed by atoms with Crippen molar-refractivity contribution in [1.82, 2.24) is 5.32 Å². The molecule has 14 heavy (non-hydrogen) atoms. The van der Waals surface area contributed by atoms with Gasteiger partial charge >= 0.3 is 0 Å². The number of unbranched alkanes of at least 4 members (excludes halogenated alkanes) is 5. The Morgan fingerprint density at radius 2 is 1.57 bits per heavy atom. The van der Waals surface area contributed by atoms with Gasteiger partial charge in [-0.1, -0.05) is 39.0 Å². The van der Waals surface area contributed by atoms with E-state index in [-0.39, 0.29) is 5.54 Å². The molecule has 0 aromatic carbocycles. The molecule has 0 heterocycles. The van der Waals surface area contributed by atoms with Gasteiger partial charge in [0.1, 0.15) is 0 Å². The van der Waals surface area contributed by atoms with Crippen molar-refractivity contribution in [2.45, 2.75) is 64.8 Å². The summed E-state index contributed by atoms with van der Waals surface area (Å²) >= 11 is 0. The van der Waals surface area contributed by atoms with Crippen LogP contribution in [0.1, 0.15) is 59.3 Å². The first-order valence-electron chi connectivity index (χ1n) is 6.06. The molecular weight excluding hydrogens is 172 g/mol. The van der Waals surface area contributed by atoms with Crippen LogP contribution in [0, 0.1) is 0 Å². The molecule has 0 saturated carbocycles. The van der Waals surface area contributed by atoms with Crippen molar-refractivity contribution in [2.24, 2.45) is 5.73 Å². The zero-order valence-corrected chi connectivity index (χ0v) is 10.2. The first kappa shape index (κ1) is 13.9. The summed E-state index contributed by atoms with van der Waals surface area (Å²) in [5.74, 6) is 0. The lowest BCUT2D eigenvalue weighted by Crippen LogP contribution is -2.43. The minimum Gasteiger partial charge on any atom is -0.324 e. The maximum atomic E-state index is 5.85. The van der Waals surface area contributed by atoms with Crippen LogP contribution in [0.3, 0.4) is 0 Å². The summed E-state index contributed by atoms with van der Waals surface area (Å²) < 4.78 is 0. The Bertz CT molecular complexity index is 116. The normalized spacial score (nSPS) is 12.0. The van der Waals surface area contributed by atoms with Gasteiger partial charge < -0.3 is 11.1 Å². The Labute approximate surface area is 89.6 Å². The van der Waals surface area contributed by atoms with E-state index in [4.69, 9.17) is 5.73 Å². The average Bonchev–Trinajstić information content (AvgIpc) is 2.08. The van der Waals surface area contributed by atoms with Crippen molar-refractivity contribution in [3.05, 3.63) is 0 Å². The zero-order valence-electron chi connectivity index (χ0n) is 10.2. The summed E-state index contributed by atoms with van der Waals surface area (Å²) in [5.41, 5.74) is 5.79. The van der Waals surface area contributed by atoms with E-state index in [2.05, 4.69) is 26.1 Å². The molecule has 0 saturated heterocycles. The molecule has 0 amide bonds. The van der Waals surface area contributed by atoms with Crippen LogP contribution in [0.4, 0.5) is 0 Å². The summed E-state index contributed by atoms with van der Waals surface area (Å²) in [6, 6.07) is 0. The fourth-order valence-electron chi connectivity index (χ4n) is 1.44. The van der Waals surface area contributed by atoms with Gasteiger partial charge in [0.25, 0.3) is 0 Å². The van der Waals surface area contributed by atoms with Crippen molar-refractivity contribution in [3.8, 4) is 0 Å². The van der Waals surface area contributed by atoms with Gasteiger partial charge in [-0.3, -0.25) is 0 Å². The molecule has 0 radical (unpaired) electrons. The molecule has 0 unspecified atom stereocenters. The maximum absolute atomic E-state index is 5.85. The number of hydrogen-bond acceptors (Lipinski definition) is 2. The Balaban J connectivity index is 2.99. The number of rotatable bonds is 9. The van der Waals surface area contributed by atoms with Crippen LogP contribution < -0.4 is 11.1 Å². The molecule has 86 valence electrons. The van der Waals surface area contributed by atoms with E-state index in [1.54, 1.807) is 0 Å². The molecule has 0 fully saturated rings. The second-order valence-corrected chi connectivity index (χ2v) is 4.93. The molecular formula is C12H28N2. The zero-order chi connectivity index (χ0) is 10.9. The van der Waals surface area contributed by atoms with Gasteiger partial charge in [0, 0.05) is 12.1 Å². The van der Waals surface area contributed by atoms with Gasteiger partial charge in [0.05, 0.1) is 0 Å². The van der Waals surface area contributed by atoms with Gasteiger partial charge in [0.2, 0.25) is 0 Å². The Morgan fingerprint density at radius 3 is 2.14 bits per heavy atom. The van der Waals surface area contributed by atoms with Crippen LogP contribution in [0.2, 0.25) is 0 Å². The van der Waals surface area contributed by atoms with Crippen LogP contribution in [0.15, 0.2) is 0 Å². The molecule has 0 aromatic rings. The van der Waals surface area contributed by atoms with Gasteiger partial charge in [-0.2, -0.15) is 0 Å². The second-order valence-electron chi connectivity index (χ2n) is 4.93. The molecule has 0 aromatic heterocycles. The van der Waals surface area contributed by atoms with Crippen molar-refractivity contribution < 1.29 is 0 Å². The van der Waals surface area contributed by atoms with E-state index in [9.17, 15) is 0 Å². The average molecular weight is 200 g/mol. The van der Waals surface area contributed by atoms with E-state index in [1.807, 2.05) is 0 Å². The molecule has 0 aliphatic rings. The van der Waals surface area contributed by atoms with Crippen molar-refractivity contribution in [3.63, 3.8) is 0 Å². The van der Waals surface area contributed by atoms with E-state index in [1.165, 1.54) is 38.5 Å². The van der Waals surface area contributed by atoms with E-state index in [0.717, 1.165) is 13.1 Å². The first-order valence-corrected chi connectivity index (χ1v) is 6.06. The fourth-order valence-corrected chi connectivity index (χ4v) is 1.44. The minimum atomic E-state index is -0.0673. The van der Waals surface area contributed by atoms with Gasteiger partial charge in [-0.15, -0.1) is 0 Å². The lowest BCUT2D eigenvalue weighted by molar-refractivity contribution is 0.458. The Morgan fingerprint density at radius 1 is 1.00 bits per heavy atom. The smallest absolute Gasteiger partial charge is 0.0223 e. The largest absolute Gasteiger partial charge is 0.324 e. The monoisotopic (exact) mass is 200 g/mol. The Kier molecular flexibility index (Phi) is 8.20. The molecule has 2 heteroatoms. The summed E-state index contributed by atoms with van der Waals surface area (Å²) in [4.78, 5) is 0. The number of nitrogens with one attached hydrogen (secondary N) is 1. The van der Waals surface area contributed by atoms with Crippen molar-refractivity contribution in [1.29, 1.82) is 0 Å². The molecule has 0 spiro atoms. The standard InChI is InChI=1S/C12H28N2/c1-4-5-6-7-8-9-10-14-11-12(2,3)13/h14H,4-11,13H2,1-3H3. The lowest BCUT2D eigenvalue weighted by atomic mass is 10.1. The van der Waals surface area contributed by atoms with Crippen LogP contribution in [-0.2, 0) is 0 Å². The molecule has 0 rings (SSSR count). The fraction of sp³-hybridized carbons (Fsp3) is 1.00. The predicted octanol–water partition coefficient (Wildman–Crippen LogP) is 2.67. The van der Waals surface area contributed by atoms with Crippen LogP contribution in [0.25, 0.3) is 0 Å². The van der Waals surface area contributed by atoms with Gasteiger partial charge in [-0.25, -0.2) is 0 Å². The molecule has 2 nitrogen and oxygen atoms in total. The highest BCUT2D eigenvalue weighted by Crippen LogP contribution is 2.04. The van der Waals surface area contributed by atoms with Crippen LogP contribution in [0.5, 0.6) is 0 Å². The molecule has 3 N–H and O–H groups in total. The van der Waals surface area contributed by atoms with Crippen LogP contribution >= 0.6 is 0 Å².